The molecule has 0 bridgehead atoms. The summed E-state index contributed by atoms with van der Waals surface area (Å²) in [7, 11) is 0. The molecule has 1 aliphatic carbocycles. The molecule has 1 spiro atoms. The van der Waals surface area contributed by atoms with Gasteiger partial charge in [0.15, 0.2) is 0 Å². The summed E-state index contributed by atoms with van der Waals surface area (Å²) in [6.07, 6.45) is 5.90. The molecule has 1 N–H and O–H groups in total. The highest BCUT2D eigenvalue weighted by Gasteiger charge is 2.50. The van der Waals surface area contributed by atoms with Gasteiger partial charge in [0.05, 0.1) is 0 Å². The van der Waals surface area contributed by atoms with Gasteiger partial charge in [0.2, 0.25) is 0 Å². The van der Waals surface area contributed by atoms with Gasteiger partial charge in [-0.05, 0) is 67.9 Å². The van der Waals surface area contributed by atoms with E-state index in [1.807, 2.05) is 0 Å². The average Bonchev–Trinajstić information content (AvgIpc) is 2.13. The third kappa shape index (κ3) is 2.30. The molecule has 0 aromatic heterocycles. The first-order valence-electron chi connectivity index (χ1n) is 7.24. The first kappa shape index (κ1) is 12.4. The molecule has 1 heterocycles. The summed E-state index contributed by atoms with van der Waals surface area (Å²) < 4.78 is 0. The van der Waals surface area contributed by atoms with Crippen molar-refractivity contribution in [3.63, 3.8) is 0 Å². The normalized spacial score (nSPS) is 39.4. The second kappa shape index (κ2) is 4.68. The first-order valence-corrected chi connectivity index (χ1v) is 7.24. The summed E-state index contributed by atoms with van der Waals surface area (Å²) >= 11 is 0. The van der Waals surface area contributed by atoms with Gasteiger partial charge in [0.25, 0.3) is 0 Å². The Morgan fingerprint density at radius 2 is 1.88 bits per heavy atom. The second-order valence-corrected chi connectivity index (χ2v) is 7.06. The van der Waals surface area contributed by atoms with Crippen molar-refractivity contribution in [2.75, 3.05) is 13.1 Å². The molecular formula is C15H29N. The highest BCUT2D eigenvalue weighted by molar-refractivity contribution is 5.01. The van der Waals surface area contributed by atoms with E-state index in [1.54, 1.807) is 0 Å². The SMILES string of the molecule is CC(C)CC1CNCCC12CC(C(C)C)C2. The van der Waals surface area contributed by atoms with Crippen molar-refractivity contribution in [2.45, 2.75) is 53.4 Å². The van der Waals surface area contributed by atoms with E-state index in [0.717, 1.165) is 29.1 Å². The van der Waals surface area contributed by atoms with E-state index < -0.39 is 0 Å². The van der Waals surface area contributed by atoms with Gasteiger partial charge in [-0.25, -0.2) is 0 Å². The molecule has 0 aromatic rings. The quantitative estimate of drug-likeness (QED) is 0.769. The van der Waals surface area contributed by atoms with E-state index in [-0.39, 0.29) is 0 Å². The molecule has 0 amide bonds. The van der Waals surface area contributed by atoms with E-state index in [9.17, 15) is 0 Å². The maximum atomic E-state index is 3.61. The van der Waals surface area contributed by atoms with Crippen molar-refractivity contribution in [2.24, 2.45) is 29.1 Å². The Morgan fingerprint density at radius 3 is 2.44 bits per heavy atom. The van der Waals surface area contributed by atoms with Gasteiger partial charge < -0.3 is 5.32 Å². The Bertz CT molecular complexity index is 226. The number of nitrogens with one attached hydrogen (secondary N) is 1. The molecule has 16 heavy (non-hydrogen) atoms. The molecule has 1 aliphatic heterocycles. The van der Waals surface area contributed by atoms with Gasteiger partial charge in [-0.1, -0.05) is 27.7 Å². The van der Waals surface area contributed by atoms with Crippen LogP contribution < -0.4 is 5.32 Å². The number of hydrogen-bond acceptors (Lipinski definition) is 1. The molecule has 0 radical (unpaired) electrons. The number of piperidine rings is 1. The van der Waals surface area contributed by atoms with Crippen molar-refractivity contribution >= 4 is 0 Å². The predicted molar refractivity (Wildman–Crippen MR) is 70.4 cm³/mol. The lowest BCUT2D eigenvalue weighted by Crippen LogP contribution is -2.53. The number of rotatable bonds is 3. The van der Waals surface area contributed by atoms with Crippen molar-refractivity contribution in [1.29, 1.82) is 0 Å². The monoisotopic (exact) mass is 223 g/mol. The summed E-state index contributed by atoms with van der Waals surface area (Å²) in [6.45, 7) is 12.1. The molecule has 1 nitrogen and oxygen atoms in total. The lowest BCUT2D eigenvalue weighted by Gasteiger charge is -2.57. The molecule has 1 unspecified atom stereocenters. The van der Waals surface area contributed by atoms with Gasteiger partial charge in [-0.15, -0.1) is 0 Å². The van der Waals surface area contributed by atoms with Crippen molar-refractivity contribution in [1.82, 2.24) is 5.32 Å². The Morgan fingerprint density at radius 1 is 1.19 bits per heavy atom. The fraction of sp³-hybridized carbons (Fsp3) is 1.00. The summed E-state index contributed by atoms with van der Waals surface area (Å²) in [5, 5.41) is 3.61. The van der Waals surface area contributed by atoms with E-state index >= 15 is 0 Å². The predicted octanol–water partition coefficient (Wildman–Crippen LogP) is 3.69. The molecule has 1 heteroatoms. The van der Waals surface area contributed by atoms with Crippen LogP contribution in [0.5, 0.6) is 0 Å². The lowest BCUT2D eigenvalue weighted by molar-refractivity contribution is -0.0573. The largest absolute Gasteiger partial charge is 0.316 e. The van der Waals surface area contributed by atoms with Crippen LogP contribution in [0.25, 0.3) is 0 Å². The molecule has 1 saturated heterocycles. The van der Waals surface area contributed by atoms with E-state index in [1.165, 1.54) is 38.8 Å². The minimum atomic E-state index is 0.741. The molecule has 2 fully saturated rings. The van der Waals surface area contributed by atoms with Gasteiger partial charge in [0.1, 0.15) is 0 Å². The maximum Gasteiger partial charge on any atom is -0.00151 e. The van der Waals surface area contributed by atoms with Crippen LogP contribution in [0.3, 0.4) is 0 Å². The van der Waals surface area contributed by atoms with Crippen LogP contribution in [0.4, 0.5) is 0 Å². The van der Waals surface area contributed by atoms with Crippen LogP contribution in [-0.2, 0) is 0 Å². The van der Waals surface area contributed by atoms with Crippen LogP contribution in [0.2, 0.25) is 0 Å². The first-order chi connectivity index (χ1) is 7.53. The molecule has 1 saturated carbocycles. The summed E-state index contributed by atoms with van der Waals surface area (Å²) in [5.41, 5.74) is 0.741. The second-order valence-electron chi connectivity index (χ2n) is 7.06. The van der Waals surface area contributed by atoms with E-state index in [0.29, 0.717) is 0 Å². The van der Waals surface area contributed by atoms with Crippen LogP contribution in [0, 0.1) is 29.1 Å². The van der Waals surface area contributed by atoms with Crippen LogP contribution in [-0.4, -0.2) is 13.1 Å². The smallest absolute Gasteiger partial charge is 0.00151 e. The zero-order valence-electron chi connectivity index (χ0n) is 11.6. The fourth-order valence-electron chi connectivity index (χ4n) is 3.93. The molecule has 1 atom stereocenters. The minimum absolute atomic E-state index is 0.741. The molecule has 2 aliphatic rings. The Labute approximate surface area is 101 Å². The standard InChI is InChI=1S/C15H29N/c1-11(2)7-14-10-16-6-5-15(14)8-13(9-15)12(3)4/h11-14,16H,5-10H2,1-4H3. The van der Waals surface area contributed by atoms with Gasteiger partial charge >= 0.3 is 0 Å². The Balaban J connectivity index is 1.96. The third-order valence-corrected chi connectivity index (χ3v) is 5.09. The van der Waals surface area contributed by atoms with E-state index in [2.05, 4.69) is 33.0 Å². The van der Waals surface area contributed by atoms with Gasteiger partial charge in [-0.2, -0.15) is 0 Å². The Kier molecular flexibility index (Phi) is 3.63. The minimum Gasteiger partial charge on any atom is -0.316 e. The summed E-state index contributed by atoms with van der Waals surface area (Å²) in [5.74, 6) is 3.74. The average molecular weight is 223 g/mol. The van der Waals surface area contributed by atoms with Crippen LogP contribution in [0.15, 0.2) is 0 Å². The highest BCUT2D eigenvalue weighted by atomic mass is 14.9. The number of hydrogen-bond donors (Lipinski definition) is 1. The van der Waals surface area contributed by atoms with Crippen LogP contribution >= 0.6 is 0 Å². The molecule has 94 valence electrons. The summed E-state index contributed by atoms with van der Waals surface area (Å²) in [6, 6.07) is 0. The molecule has 0 aromatic carbocycles. The highest BCUT2D eigenvalue weighted by Crippen LogP contribution is 2.57. The van der Waals surface area contributed by atoms with Crippen molar-refractivity contribution < 1.29 is 0 Å². The fourth-order valence-corrected chi connectivity index (χ4v) is 3.93. The molecule has 2 rings (SSSR count). The third-order valence-electron chi connectivity index (χ3n) is 5.09. The van der Waals surface area contributed by atoms with Gasteiger partial charge in [0, 0.05) is 0 Å². The van der Waals surface area contributed by atoms with Crippen molar-refractivity contribution in [3.8, 4) is 0 Å². The lowest BCUT2D eigenvalue weighted by atomic mass is 9.50. The summed E-state index contributed by atoms with van der Waals surface area (Å²) in [4.78, 5) is 0. The Hall–Kier alpha value is -0.0400. The zero-order chi connectivity index (χ0) is 11.8. The topological polar surface area (TPSA) is 12.0 Å². The van der Waals surface area contributed by atoms with Crippen molar-refractivity contribution in [3.05, 3.63) is 0 Å². The van der Waals surface area contributed by atoms with Gasteiger partial charge in [-0.3, -0.25) is 0 Å². The van der Waals surface area contributed by atoms with Crippen LogP contribution in [0.1, 0.15) is 53.4 Å². The maximum absolute atomic E-state index is 3.61. The zero-order valence-corrected chi connectivity index (χ0v) is 11.6. The molecular weight excluding hydrogens is 194 g/mol. The van der Waals surface area contributed by atoms with E-state index in [4.69, 9.17) is 0 Å².